The number of carbonyl (C=O) groups is 2. The molecule has 0 spiro atoms. The van der Waals surface area contributed by atoms with Gasteiger partial charge in [0.1, 0.15) is 0 Å². The van der Waals surface area contributed by atoms with Crippen LogP contribution in [0.15, 0.2) is 29.2 Å². The zero-order chi connectivity index (χ0) is 23.3. The van der Waals surface area contributed by atoms with Gasteiger partial charge in [-0.3, -0.25) is 9.59 Å². The first-order valence-corrected chi connectivity index (χ1v) is 11.7. The number of methoxy groups -OCH3 is 1. The Morgan fingerprint density at radius 2 is 1.65 bits per heavy atom. The van der Waals surface area contributed by atoms with Gasteiger partial charge in [-0.05, 0) is 37.5 Å². The molecule has 1 unspecified atom stereocenters. The minimum Gasteiger partial charge on any atom is -0.481 e. The van der Waals surface area contributed by atoms with Crippen molar-refractivity contribution in [2.75, 3.05) is 33.5 Å². The lowest BCUT2D eigenvalue weighted by molar-refractivity contribution is -0.142. The molecule has 0 bridgehead atoms. The predicted molar refractivity (Wildman–Crippen MR) is 114 cm³/mol. The van der Waals surface area contributed by atoms with E-state index in [1.165, 1.54) is 7.11 Å². The molecule has 1 aromatic rings. The highest BCUT2D eigenvalue weighted by Crippen LogP contribution is 2.17. The van der Waals surface area contributed by atoms with E-state index in [9.17, 15) is 18.0 Å². The van der Waals surface area contributed by atoms with Gasteiger partial charge in [0.25, 0.3) is 0 Å². The Balaban J connectivity index is 2.84. The van der Waals surface area contributed by atoms with Crippen molar-refractivity contribution in [1.29, 1.82) is 0 Å². The normalized spacial score (nSPS) is 13.5. The fraction of sp³-hybridized carbons (Fsp3) is 0.619. The largest absolute Gasteiger partial charge is 0.481 e. The van der Waals surface area contributed by atoms with Crippen molar-refractivity contribution in [2.24, 2.45) is 0 Å². The number of benzene rings is 1. The van der Waals surface area contributed by atoms with E-state index in [0.717, 1.165) is 24.8 Å². The Kier molecular flexibility index (Phi) is 11.7. The van der Waals surface area contributed by atoms with Gasteiger partial charge in [0, 0.05) is 0 Å². The van der Waals surface area contributed by atoms with Gasteiger partial charge >= 0.3 is 11.9 Å². The third kappa shape index (κ3) is 10.7. The Hall–Kier alpha value is -2.01. The predicted octanol–water partition coefficient (Wildman–Crippen LogP) is 2.14. The van der Waals surface area contributed by atoms with Crippen LogP contribution in [0.3, 0.4) is 0 Å². The molecule has 0 aliphatic heterocycles. The molecule has 1 atom stereocenters. The molecule has 10 heteroatoms. The lowest BCUT2D eigenvalue weighted by Gasteiger charge is -2.30. The lowest BCUT2D eigenvalue weighted by Crippen LogP contribution is -2.53. The van der Waals surface area contributed by atoms with Crippen LogP contribution in [0.4, 0.5) is 0 Å². The summed E-state index contributed by atoms with van der Waals surface area (Å²) < 4.78 is 43.8. The van der Waals surface area contributed by atoms with Crippen LogP contribution in [0.5, 0.6) is 0 Å². The maximum Gasteiger partial charge on any atom is 0.307 e. The molecule has 0 saturated heterocycles. The molecule has 0 aliphatic carbocycles. The minimum atomic E-state index is -3.88. The second-order valence-electron chi connectivity index (χ2n) is 7.49. The van der Waals surface area contributed by atoms with Gasteiger partial charge in [-0.1, -0.05) is 25.5 Å². The van der Waals surface area contributed by atoms with Crippen molar-refractivity contribution in [3.8, 4) is 0 Å². The van der Waals surface area contributed by atoms with Gasteiger partial charge in [-0.15, -0.1) is 0 Å². The van der Waals surface area contributed by atoms with E-state index in [1.807, 2.05) is 0 Å². The fourth-order valence-corrected chi connectivity index (χ4v) is 4.09. The summed E-state index contributed by atoms with van der Waals surface area (Å²) in [7, 11) is -2.62. The summed E-state index contributed by atoms with van der Waals surface area (Å²) in [6, 6.07) is 6.68. The van der Waals surface area contributed by atoms with E-state index in [2.05, 4.69) is 16.4 Å². The highest BCUT2D eigenvalue weighted by molar-refractivity contribution is 7.89. The molecule has 0 aliphatic rings. The molecular weight excluding hydrogens is 426 g/mol. The number of esters is 1. The quantitative estimate of drug-likeness (QED) is 0.284. The summed E-state index contributed by atoms with van der Waals surface area (Å²) in [5.41, 5.74) is -0.111. The van der Waals surface area contributed by atoms with E-state index < -0.39 is 27.5 Å². The third-order valence-electron chi connectivity index (χ3n) is 4.41. The lowest BCUT2D eigenvalue weighted by atomic mass is 10.1. The van der Waals surface area contributed by atoms with Crippen molar-refractivity contribution in [3.05, 3.63) is 29.8 Å². The van der Waals surface area contributed by atoms with Crippen LogP contribution in [0.1, 0.15) is 45.1 Å². The maximum absolute atomic E-state index is 12.9. The second-order valence-corrected chi connectivity index (χ2v) is 9.17. The molecule has 1 aromatic carbocycles. The number of unbranched alkanes of at least 4 members (excludes halogenated alkanes) is 1. The number of carboxylic acids is 1. The van der Waals surface area contributed by atoms with Crippen molar-refractivity contribution in [2.45, 2.75) is 56.4 Å². The van der Waals surface area contributed by atoms with Gasteiger partial charge < -0.3 is 19.3 Å². The molecule has 0 saturated carbocycles. The van der Waals surface area contributed by atoms with Gasteiger partial charge in [0.15, 0.2) is 0 Å². The molecule has 0 aromatic heterocycles. The number of aliphatic carboxylic acids is 1. The number of ether oxygens (including phenoxy) is 3. The number of rotatable bonds is 16. The Bertz CT molecular complexity index is 794. The highest BCUT2D eigenvalue weighted by atomic mass is 32.2. The van der Waals surface area contributed by atoms with Crippen LogP contribution in [-0.4, -0.2) is 64.5 Å². The topological polar surface area (TPSA) is 128 Å². The van der Waals surface area contributed by atoms with Crippen molar-refractivity contribution < 1.29 is 37.3 Å². The number of hydrogen-bond donors (Lipinski definition) is 2. The molecular formula is C21H33NO8S. The molecule has 0 fully saturated rings. The van der Waals surface area contributed by atoms with Gasteiger partial charge in [0.2, 0.25) is 10.0 Å². The SMILES string of the molecule is CCCCc1ccc(S(=O)(=O)NC(C)(COCCC(=O)O)COCCC(=O)OC)cc1. The highest BCUT2D eigenvalue weighted by Gasteiger charge is 2.32. The Labute approximate surface area is 184 Å². The van der Waals surface area contributed by atoms with E-state index in [4.69, 9.17) is 14.6 Å². The van der Waals surface area contributed by atoms with Crippen LogP contribution in [0, 0.1) is 0 Å². The third-order valence-corrected chi connectivity index (χ3v) is 6.07. The molecule has 1 rings (SSSR count). The van der Waals surface area contributed by atoms with Crippen LogP contribution >= 0.6 is 0 Å². The van der Waals surface area contributed by atoms with E-state index in [1.54, 1.807) is 31.2 Å². The number of hydrogen-bond acceptors (Lipinski definition) is 7. The van der Waals surface area contributed by atoms with Crippen LogP contribution < -0.4 is 4.72 Å². The van der Waals surface area contributed by atoms with Gasteiger partial charge in [-0.25, -0.2) is 13.1 Å². The van der Waals surface area contributed by atoms with Crippen molar-refractivity contribution in [1.82, 2.24) is 4.72 Å². The number of carbonyl (C=O) groups excluding carboxylic acids is 1. The number of nitrogens with one attached hydrogen (secondary N) is 1. The standard InChI is InChI=1S/C21H33NO8S/c1-4-5-6-17-7-9-18(10-8-17)31(26,27)22-21(2,15-29-13-11-19(23)24)16-30-14-12-20(25)28-3/h7-10,22H,4-6,11-16H2,1-3H3,(H,23,24). The smallest absolute Gasteiger partial charge is 0.307 e. The maximum atomic E-state index is 12.9. The molecule has 0 amide bonds. The summed E-state index contributed by atoms with van der Waals surface area (Å²) in [5.74, 6) is -1.46. The second kappa shape index (κ2) is 13.4. The summed E-state index contributed by atoms with van der Waals surface area (Å²) in [6.07, 6.45) is 2.79. The molecule has 0 heterocycles. The van der Waals surface area contributed by atoms with E-state index in [0.29, 0.717) is 0 Å². The van der Waals surface area contributed by atoms with Crippen molar-refractivity contribution >= 4 is 22.0 Å². The average Bonchev–Trinajstić information content (AvgIpc) is 2.72. The molecule has 31 heavy (non-hydrogen) atoms. The monoisotopic (exact) mass is 459 g/mol. The molecule has 0 radical (unpaired) electrons. The van der Waals surface area contributed by atoms with E-state index in [-0.39, 0.29) is 44.2 Å². The van der Waals surface area contributed by atoms with Gasteiger partial charge in [0.05, 0.1) is 56.8 Å². The summed E-state index contributed by atoms with van der Waals surface area (Å²) in [6.45, 7) is 3.48. The average molecular weight is 460 g/mol. The van der Waals surface area contributed by atoms with Crippen LogP contribution in [0.2, 0.25) is 0 Å². The Morgan fingerprint density at radius 1 is 1.06 bits per heavy atom. The number of carboxylic acid groups (broad SMARTS) is 1. The first-order chi connectivity index (χ1) is 14.6. The minimum absolute atomic E-state index is 0.0262. The number of sulfonamides is 1. The van der Waals surface area contributed by atoms with Crippen LogP contribution in [0.25, 0.3) is 0 Å². The zero-order valence-electron chi connectivity index (χ0n) is 18.4. The fourth-order valence-electron chi connectivity index (χ4n) is 2.71. The molecule has 2 N–H and O–H groups in total. The number of aryl methyl sites for hydroxylation is 1. The first-order valence-electron chi connectivity index (χ1n) is 10.2. The van der Waals surface area contributed by atoms with Gasteiger partial charge in [-0.2, -0.15) is 0 Å². The van der Waals surface area contributed by atoms with E-state index >= 15 is 0 Å². The van der Waals surface area contributed by atoms with Crippen LogP contribution in [-0.2, 0) is 40.2 Å². The summed E-state index contributed by atoms with van der Waals surface area (Å²) in [5, 5.41) is 8.74. The Morgan fingerprint density at radius 3 is 2.16 bits per heavy atom. The zero-order valence-corrected chi connectivity index (χ0v) is 19.2. The van der Waals surface area contributed by atoms with Crippen molar-refractivity contribution in [3.63, 3.8) is 0 Å². The summed E-state index contributed by atoms with van der Waals surface area (Å²) in [4.78, 5) is 22.0. The molecule has 176 valence electrons. The molecule has 9 nitrogen and oxygen atoms in total. The first kappa shape index (κ1) is 27.0. The summed E-state index contributed by atoms with van der Waals surface area (Å²) >= 11 is 0.